The van der Waals surface area contributed by atoms with Gasteiger partial charge in [-0.05, 0) is 38.5 Å². The average Bonchev–Trinajstić information content (AvgIpc) is 2.79. The Balaban J connectivity index is 1.60. The standard InChI is InChI=1S/C25H26FN3O2/c1-17-7-9-19(10-8-17)25(2,3)24(30)29-13-14-31-21(16-29)23-22(27-11-12-28-23)18-5-4-6-20(26)15-18/h4-12,15,21H,13-14,16H2,1-3H3/t21-/m0/s1. The SMILES string of the molecule is Cc1ccc(C(C)(C)C(=O)N2CCO[C@H](c3nccnc3-c3cccc(F)c3)C2)cc1. The molecule has 160 valence electrons. The quantitative estimate of drug-likeness (QED) is 0.626. The fraction of sp³-hybridized carbons (Fsp3) is 0.320. The highest BCUT2D eigenvalue weighted by Gasteiger charge is 2.37. The summed E-state index contributed by atoms with van der Waals surface area (Å²) in [7, 11) is 0. The minimum atomic E-state index is -0.663. The van der Waals surface area contributed by atoms with Gasteiger partial charge in [-0.15, -0.1) is 0 Å². The predicted octanol–water partition coefficient (Wildman–Crippen LogP) is 4.47. The van der Waals surface area contributed by atoms with Crippen LogP contribution in [-0.4, -0.2) is 40.5 Å². The number of ether oxygens (including phenoxy) is 1. The van der Waals surface area contributed by atoms with E-state index in [-0.39, 0.29) is 11.7 Å². The van der Waals surface area contributed by atoms with Crippen LogP contribution in [0.25, 0.3) is 11.3 Å². The van der Waals surface area contributed by atoms with Crippen LogP contribution >= 0.6 is 0 Å². The van der Waals surface area contributed by atoms with Crippen molar-refractivity contribution in [3.8, 4) is 11.3 Å². The van der Waals surface area contributed by atoms with Crippen LogP contribution < -0.4 is 0 Å². The molecule has 0 bridgehead atoms. The number of morpholine rings is 1. The van der Waals surface area contributed by atoms with E-state index in [0.717, 1.165) is 11.1 Å². The van der Waals surface area contributed by atoms with Crippen molar-refractivity contribution in [1.82, 2.24) is 14.9 Å². The lowest BCUT2D eigenvalue weighted by atomic mass is 9.82. The molecule has 0 aliphatic carbocycles. The van der Waals surface area contributed by atoms with Crippen molar-refractivity contribution in [3.63, 3.8) is 0 Å². The summed E-state index contributed by atoms with van der Waals surface area (Å²) in [5.41, 5.74) is 3.29. The molecule has 4 rings (SSSR count). The van der Waals surface area contributed by atoms with E-state index < -0.39 is 11.5 Å². The summed E-state index contributed by atoms with van der Waals surface area (Å²) in [5.74, 6) is -0.295. The summed E-state index contributed by atoms with van der Waals surface area (Å²) in [6.07, 6.45) is 2.74. The minimum Gasteiger partial charge on any atom is -0.368 e. The van der Waals surface area contributed by atoms with Crippen molar-refractivity contribution < 1.29 is 13.9 Å². The number of carbonyl (C=O) groups excluding carboxylic acids is 1. The zero-order chi connectivity index (χ0) is 22.0. The van der Waals surface area contributed by atoms with E-state index in [9.17, 15) is 9.18 Å². The van der Waals surface area contributed by atoms with Crippen LogP contribution in [0.4, 0.5) is 4.39 Å². The number of hydrogen-bond acceptors (Lipinski definition) is 4. The highest BCUT2D eigenvalue weighted by molar-refractivity contribution is 5.87. The van der Waals surface area contributed by atoms with E-state index in [2.05, 4.69) is 9.97 Å². The Bertz CT molecular complexity index is 1080. The third-order valence-electron chi connectivity index (χ3n) is 5.79. The Labute approximate surface area is 181 Å². The van der Waals surface area contributed by atoms with Gasteiger partial charge in [-0.1, -0.05) is 42.0 Å². The van der Waals surface area contributed by atoms with E-state index in [0.29, 0.717) is 36.6 Å². The van der Waals surface area contributed by atoms with Gasteiger partial charge in [0, 0.05) is 24.5 Å². The molecule has 5 nitrogen and oxygen atoms in total. The highest BCUT2D eigenvalue weighted by atomic mass is 19.1. The maximum Gasteiger partial charge on any atom is 0.232 e. The Morgan fingerprint density at radius 1 is 1.13 bits per heavy atom. The molecule has 0 radical (unpaired) electrons. The van der Waals surface area contributed by atoms with E-state index in [4.69, 9.17) is 4.74 Å². The molecule has 1 saturated heterocycles. The minimum absolute atomic E-state index is 0.0425. The van der Waals surface area contributed by atoms with Crippen LogP contribution in [0.5, 0.6) is 0 Å². The number of benzene rings is 2. The molecule has 1 fully saturated rings. The molecule has 1 aliphatic heterocycles. The van der Waals surface area contributed by atoms with Crippen molar-refractivity contribution in [1.29, 1.82) is 0 Å². The number of rotatable bonds is 4. The number of aryl methyl sites for hydroxylation is 1. The van der Waals surface area contributed by atoms with Gasteiger partial charge in [0.25, 0.3) is 0 Å². The van der Waals surface area contributed by atoms with Gasteiger partial charge in [0.05, 0.1) is 30.0 Å². The Morgan fingerprint density at radius 3 is 2.61 bits per heavy atom. The molecule has 0 saturated carbocycles. The lowest BCUT2D eigenvalue weighted by Gasteiger charge is -2.38. The van der Waals surface area contributed by atoms with E-state index in [1.807, 2.05) is 49.9 Å². The largest absolute Gasteiger partial charge is 0.368 e. The Hall–Kier alpha value is -3.12. The van der Waals surface area contributed by atoms with Crippen LogP contribution in [0.1, 0.15) is 36.8 Å². The smallest absolute Gasteiger partial charge is 0.232 e. The van der Waals surface area contributed by atoms with Crippen molar-refractivity contribution in [2.45, 2.75) is 32.3 Å². The van der Waals surface area contributed by atoms with Crippen LogP contribution in [0, 0.1) is 12.7 Å². The summed E-state index contributed by atoms with van der Waals surface area (Å²) in [6, 6.07) is 14.3. The van der Waals surface area contributed by atoms with E-state index in [1.165, 1.54) is 12.1 Å². The van der Waals surface area contributed by atoms with Gasteiger partial charge in [-0.3, -0.25) is 14.8 Å². The molecule has 0 spiro atoms. The fourth-order valence-corrected chi connectivity index (χ4v) is 3.93. The first-order valence-corrected chi connectivity index (χ1v) is 10.4. The summed E-state index contributed by atoms with van der Waals surface area (Å²) in [6.45, 7) is 7.22. The first kappa shape index (κ1) is 21.1. The van der Waals surface area contributed by atoms with E-state index in [1.54, 1.807) is 24.5 Å². The second kappa shape index (κ2) is 8.55. The summed E-state index contributed by atoms with van der Waals surface area (Å²) in [5, 5.41) is 0. The summed E-state index contributed by atoms with van der Waals surface area (Å²) >= 11 is 0. The number of hydrogen-bond donors (Lipinski definition) is 0. The van der Waals surface area contributed by atoms with Gasteiger partial charge in [-0.2, -0.15) is 0 Å². The van der Waals surface area contributed by atoms with Crippen LogP contribution in [0.3, 0.4) is 0 Å². The maximum absolute atomic E-state index is 13.8. The molecule has 0 N–H and O–H groups in total. The highest BCUT2D eigenvalue weighted by Crippen LogP contribution is 2.32. The van der Waals surface area contributed by atoms with Crippen LogP contribution in [0.2, 0.25) is 0 Å². The molecule has 31 heavy (non-hydrogen) atoms. The molecule has 0 unspecified atom stereocenters. The van der Waals surface area contributed by atoms with Gasteiger partial charge in [0.2, 0.25) is 5.91 Å². The third kappa shape index (κ3) is 4.35. The number of nitrogens with zero attached hydrogens (tertiary/aromatic N) is 3. The maximum atomic E-state index is 13.8. The van der Waals surface area contributed by atoms with Crippen molar-refractivity contribution in [2.24, 2.45) is 0 Å². The average molecular weight is 420 g/mol. The van der Waals surface area contributed by atoms with Gasteiger partial charge in [-0.25, -0.2) is 4.39 Å². The molecule has 6 heteroatoms. The molecule has 2 heterocycles. The number of halogens is 1. The van der Waals surface area contributed by atoms with Crippen molar-refractivity contribution in [2.75, 3.05) is 19.7 Å². The molecule has 1 amide bonds. The third-order valence-corrected chi connectivity index (χ3v) is 5.79. The van der Waals surface area contributed by atoms with Gasteiger partial charge in [0.15, 0.2) is 0 Å². The Kier molecular flexibility index (Phi) is 5.83. The summed E-state index contributed by atoms with van der Waals surface area (Å²) in [4.78, 5) is 24.2. The first-order valence-electron chi connectivity index (χ1n) is 10.4. The molecule has 1 aliphatic rings. The molecule has 3 aromatic rings. The Morgan fingerprint density at radius 2 is 1.87 bits per heavy atom. The first-order chi connectivity index (χ1) is 14.9. The van der Waals surface area contributed by atoms with Crippen LogP contribution in [0.15, 0.2) is 60.9 Å². The van der Waals surface area contributed by atoms with Crippen LogP contribution in [-0.2, 0) is 14.9 Å². The summed E-state index contributed by atoms with van der Waals surface area (Å²) < 4.78 is 19.8. The normalized spacial score (nSPS) is 16.9. The lowest BCUT2D eigenvalue weighted by molar-refractivity contribution is -0.144. The number of amides is 1. The monoisotopic (exact) mass is 419 g/mol. The molecule has 1 atom stereocenters. The van der Waals surface area contributed by atoms with Gasteiger partial charge < -0.3 is 9.64 Å². The fourth-order valence-electron chi connectivity index (χ4n) is 3.93. The molecular weight excluding hydrogens is 393 g/mol. The van der Waals surface area contributed by atoms with Gasteiger partial charge in [0.1, 0.15) is 11.9 Å². The van der Waals surface area contributed by atoms with Crippen molar-refractivity contribution >= 4 is 5.91 Å². The lowest BCUT2D eigenvalue weighted by Crippen LogP contribution is -2.49. The molecular formula is C25H26FN3O2. The van der Waals surface area contributed by atoms with Gasteiger partial charge >= 0.3 is 0 Å². The molecule has 1 aromatic heterocycles. The van der Waals surface area contributed by atoms with E-state index >= 15 is 0 Å². The topological polar surface area (TPSA) is 55.3 Å². The predicted molar refractivity (Wildman–Crippen MR) is 117 cm³/mol. The second-order valence-corrected chi connectivity index (χ2v) is 8.40. The number of carbonyl (C=O) groups is 1. The zero-order valence-electron chi connectivity index (χ0n) is 18.0. The second-order valence-electron chi connectivity index (χ2n) is 8.40. The molecule has 2 aromatic carbocycles. The van der Waals surface area contributed by atoms with Crippen molar-refractivity contribution in [3.05, 3.63) is 83.6 Å². The number of aromatic nitrogens is 2. The zero-order valence-corrected chi connectivity index (χ0v) is 18.0.